The van der Waals surface area contributed by atoms with Gasteiger partial charge in [-0.25, -0.2) is 0 Å². The van der Waals surface area contributed by atoms with E-state index in [1.54, 1.807) is 48.5 Å². The van der Waals surface area contributed by atoms with Crippen LogP contribution in [0, 0.1) is 10.8 Å². The number of hydrogen-bond donors (Lipinski definition) is 5. The molecule has 1 atom stereocenters. The number of nitrogen functional groups attached to an aromatic ring is 2. The molecule has 0 aliphatic heterocycles. The zero-order valence-corrected chi connectivity index (χ0v) is 13.5. The number of aliphatic carboxylic acids is 1. The fraction of sp³-hybridized carbons (Fsp3) is 0.167. The molecule has 7 N–H and O–H groups in total. The molecule has 0 spiro atoms. The van der Waals surface area contributed by atoms with Gasteiger partial charge < -0.3 is 21.3 Å². The lowest BCUT2D eigenvalue weighted by molar-refractivity contribution is -0.140. The van der Waals surface area contributed by atoms with Crippen LogP contribution < -0.4 is 11.5 Å². The number of carboxylic acid groups (broad SMARTS) is 1. The largest absolute Gasteiger partial charge is 0.481 e. The van der Waals surface area contributed by atoms with Crippen molar-refractivity contribution >= 4 is 17.6 Å². The lowest BCUT2D eigenvalue weighted by atomic mass is 10.0. The van der Waals surface area contributed by atoms with Crippen molar-refractivity contribution in [3.8, 4) is 0 Å². The van der Waals surface area contributed by atoms with Gasteiger partial charge in [-0.1, -0.05) is 42.5 Å². The predicted octanol–water partition coefficient (Wildman–Crippen LogP) is 1.99. The number of hydrogen-bond acceptors (Lipinski definition) is 4. The minimum absolute atomic E-state index is 0.0164. The molecule has 7 heteroatoms. The summed E-state index contributed by atoms with van der Waals surface area (Å²) in [6.45, 7) is 0.209. The molecule has 0 fully saturated rings. The van der Waals surface area contributed by atoms with Crippen molar-refractivity contribution < 1.29 is 14.6 Å². The van der Waals surface area contributed by atoms with E-state index >= 15 is 0 Å². The molecule has 0 aliphatic rings. The molecule has 0 saturated carbocycles. The Labute approximate surface area is 145 Å². The summed E-state index contributed by atoms with van der Waals surface area (Å²) in [5.41, 5.74) is 13.5. The maximum atomic E-state index is 11.1. The topological polar surface area (TPSA) is 146 Å². The van der Waals surface area contributed by atoms with Gasteiger partial charge in [-0.05, 0) is 17.2 Å². The van der Waals surface area contributed by atoms with Gasteiger partial charge in [0.05, 0.1) is 19.1 Å². The molecule has 25 heavy (non-hydrogen) atoms. The summed E-state index contributed by atoms with van der Waals surface area (Å²) in [4.78, 5) is 11.1. The highest BCUT2D eigenvalue weighted by Gasteiger charge is 2.17. The van der Waals surface area contributed by atoms with Crippen LogP contribution in [0.2, 0.25) is 0 Å². The SMILES string of the molecule is N=C(N)c1ccc(COC(CC(=O)O)c2cccc(C(=N)N)c2)cc1. The number of nitrogens with two attached hydrogens (primary N) is 2. The smallest absolute Gasteiger partial charge is 0.306 e. The van der Waals surface area contributed by atoms with Crippen LogP contribution in [0.1, 0.15) is 34.8 Å². The minimum Gasteiger partial charge on any atom is -0.481 e. The molecule has 2 aromatic rings. The van der Waals surface area contributed by atoms with Gasteiger partial charge in [0.25, 0.3) is 0 Å². The van der Waals surface area contributed by atoms with Gasteiger partial charge >= 0.3 is 5.97 Å². The lowest BCUT2D eigenvalue weighted by Gasteiger charge is -2.17. The Morgan fingerprint density at radius 1 is 1.04 bits per heavy atom. The zero-order valence-electron chi connectivity index (χ0n) is 13.5. The van der Waals surface area contributed by atoms with Crippen molar-refractivity contribution in [2.45, 2.75) is 19.1 Å². The highest BCUT2D eigenvalue weighted by Crippen LogP contribution is 2.24. The molecule has 0 heterocycles. The Morgan fingerprint density at radius 3 is 2.24 bits per heavy atom. The van der Waals surface area contributed by atoms with E-state index in [9.17, 15) is 4.79 Å². The van der Waals surface area contributed by atoms with E-state index in [2.05, 4.69) is 0 Å². The number of amidine groups is 2. The predicted molar refractivity (Wildman–Crippen MR) is 94.7 cm³/mol. The molecule has 2 rings (SSSR count). The quantitative estimate of drug-likeness (QED) is 0.368. The molecule has 0 bridgehead atoms. The molecule has 1 unspecified atom stereocenters. The van der Waals surface area contributed by atoms with Crippen LogP contribution in [-0.2, 0) is 16.1 Å². The standard InChI is InChI=1S/C18H20N4O3/c19-17(20)12-6-4-11(5-7-12)10-25-15(9-16(23)24)13-2-1-3-14(8-13)18(21)22/h1-8,15H,9-10H2,(H3,19,20)(H3,21,22)(H,23,24). The Balaban J connectivity index is 2.15. The average Bonchev–Trinajstić information content (AvgIpc) is 2.58. The first-order valence-electron chi connectivity index (χ1n) is 7.58. The summed E-state index contributed by atoms with van der Waals surface area (Å²) in [7, 11) is 0. The molecule has 0 radical (unpaired) electrons. The summed E-state index contributed by atoms with van der Waals surface area (Å²) in [5, 5.41) is 24.0. The maximum Gasteiger partial charge on any atom is 0.306 e. The molecule has 0 aromatic heterocycles. The fourth-order valence-corrected chi connectivity index (χ4v) is 2.32. The number of nitrogens with one attached hydrogen (secondary N) is 2. The second-order valence-corrected chi connectivity index (χ2v) is 5.55. The lowest BCUT2D eigenvalue weighted by Crippen LogP contribution is -2.14. The van der Waals surface area contributed by atoms with E-state index in [0.717, 1.165) is 5.56 Å². The van der Waals surface area contributed by atoms with Crippen LogP contribution in [-0.4, -0.2) is 22.7 Å². The summed E-state index contributed by atoms with van der Waals surface area (Å²) in [5.74, 6) is -1.09. The first-order chi connectivity index (χ1) is 11.9. The number of benzene rings is 2. The first-order valence-corrected chi connectivity index (χ1v) is 7.58. The van der Waals surface area contributed by atoms with E-state index in [0.29, 0.717) is 16.7 Å². The van der Waals surface area contributed by atoms with Crippen LogP contribution in [0.15, 0.2) is 48.5 Å². The molecule has 2 aromatic carbocycles. The van der Waals surface area contributed by atoms with Crippen LogP contribution >= 0.6 is 0 Å². The highest BCUT2D eigenvalue weighted by molar-refractivity contribution is 5.95. The van der Waals surface area contributed by atoms with Crippen molar-refractivity contribution in [1.82, 2.24) is 0 Å². The summed E-state index contributed by atoms with van der Waals surface area (Å²) >= 11 is 0. The number of ether oxygens (including phenoxy) is 1. The van der Waals surface area contributed by atoms with Crippen molar-refractivity contribution in [1.29, 1.82) is 10.8 Å². The normalized spacial score (nSPS) is 11.7. The van der Waals surface area contributed by atoms with E-state index in [-0.39, 0.29) is 24.7 Å². The van der Waals surface area contributed by atoms with E-state index < -0.39 is 12.1 Å². The van der Waals surface area contributed by atoms with Crippen molar-refractivity contribution in [3.63, 3.8) is 0 Å². The molecule has 0 aliphatic carbocycles. The first kappa shape index (κ1) is 18.2. The van der Waals surface area contributed by atoms with E-state index in [1.807, 2.05) is 0 Å². The zero-order chi connectivity index (χ0) is 18.4. The second kappa shape index (κ2) is 8.07. The van der Waals surface area contributed by atoms with Gasteiger partial charge in [-0.15, -0.1) is 0 Å². The molecule has 0 amide bonds. The third-order valence-corrected chi connectivity index (χ3v) is 3.65. The number of carboxylic acids is 1. The Morgan fingerprint density at radius 2 is 1.68 bits per heavy atom. The molecular weight excluding hydrogens is 320 g/mol. The van der Waals surface area contributed by atoms with Gasteiger partial charge in [0, 0.05) is 11.1 Å². The third-order valence-electron chi connectivity index (χ3n) is 3.65. The second-order valence-electron chi connectivity index (χ2n) is 5.55. The van der Waals surface area contributed by atoms with E-state index in [1.165, 1.54) is 0 Å². The van der Waals surface area contributed by atoms with Crippen molar-refractivity contribution in [3.05, 3.63) is 70.8 Å². The summed E-state index contributed by atoms with van der Waals surface area (Å²) in [6, 6.07) is 13.8. The number of rotatable bonds is 8. The van der Waals surface area contributed by atoms with Gasteiger partial charge in [0.2, 0.25) is 0 Å². The van der Waals surface area contributed by atoms with E-state index in [4.69, 9.17) is 32.1 Å². The molecule has 0 saturated heterocycles. The molecule has 130 valence electrons. The Hall–Kier alpha value is -3.19. The average molecular weight is 340 g/mol. The molecule has 7 nitrogen and oxygen atoms in total. The molecular formula is C18H20N4O3. The van der Waals surface area contributed by atoms with Crippen LogP contribution in [0.3, 0.4) is 0 Å². The Bertz CT molecular complexity index is 787. The van der Waals surface area contributed by atoms with Gasteiger partial charge in [-0.3, -0.25) is 15.6 Å². The Kier molecular flexibility index (Phi) is 5.86. The van der Waals surface area contributed by atoms with Crippen molar-refractivity contribution in [2.75, 3.05) is 0 Å². The van der Waals surface area contributed by atoms with Crippen LogP contribution in [0.4, 0.5) is 0 Å². The minimum atomic E-state index is -0.981. The summed E-state index contributed by atoms with van der Waals surface area (Å²) in [6.07, 6.45) is -0.864. The van der Waals surface area contributed by atoms with Crippen LogP contribution in [0.5, 0.6) is 0 Å². The van der Waals surface area contributed by atoms with Crippen molar-refractivity contribution in [2.24, 2.45) is 11.5 Å². The monoisotopic (exact) mass is 340 g/mol. The highest BCUT2D eigenvalue weighted by atomic mass is 16.5. The fourth-order valence-electron chi connectivity index (χ4n) is 2.32. The van der Waals surface area contributed by atoms with Gasteiger partial charge in [0.1, 0.15) is 11.7 Å². The van der Waals surface area contributed by atoms with Gasteiger partial charge in [0.15, 0.2) is 0 Å². The summed E-state index contributed by atoms with van der Waals surface area (Å²) < 4.78 is 5.78. The van der Waals surface area contributed by atoms with Crippen LogP contribution in [0.25, 0.3) is 0 Å². The number of carbonyl (C=O) groups is 1. The third kappa shape index (κ3) is 5.15. The van der Waals surface area contributed by atoms with Gasteiger partial charge in [-0.2, -0.15) is 0 Å². The maximum absolute atomic E-state index is 11.1.